The first kappa shape index (κ1) is 8.58. The van der Waals surface area contributed by atoms with Crippen molar-refractivity contribution in [3.8, 4) is 0 Å². The Hall–Kier alpha value is -2.01. The number of rotatable bonds is 1. The second-order valence-electron chi connectivity index (χ2n) is 2.84. The summed E-state index contributed by atoms with van der Waals surface area (Å²) in [6.45, 7) is 0. The molecule has 5 nitrogen and oxygen atoms in total. The summed E-state index contributed by atoms with van der Waals surface area (Å²) >= 11 is 0. The number of anilines is 1. The van der Waals surface area contributed by atoms with Gasteiger partial charge in [0.2, 0.25) is 0 Å². The lowest BCUT2D eigenvalue weighted by atomic mass is 10.2. The Kier molecular flexibility index (Phi) is 1.86. The normalized spacial score (nSPS) is 10.4. The number of aromatic amines is 1. The average Bonchev–Trinajstić information content (AvgIpc) is 2.62. The van der Waals surface area contributed by atoms with Crippen LogP contribution in [0.3, 0.4) is 0 Å². The topological polar surface area (TPSA) is 76.6 Å². The predicted octanol–water partition coefficient (Wildman–Crippen LogP) is 2.04. The second kappa shape index (κ2) is 3.04. The first-order chi connectivity index (χ1) is 6.68. The monoisotopic (exact) mass is 192 g/mol. The molecule has 0 saturated carbocycles. The van der Waals surface area contributed by atoms with Crippen LogP contribution in [0, 0.1) is 0 Å². The molecule has 0 radical (unpaired) electrons. The highest BCUT2D eigenvalue weighted by Crippen LogP contribution is 2.20. The third-order valence-corrected chi connectivity index (χ3v) is 1.96. The van der Waals surface area contributed by atoms with Gasteiger partial charge in [0.15, 0.2) is 0 Å². The number of aromatic nitrogens is 1. The molecule has 1 aromatic carbocycles. The molecule has 0 saturated heterocycles. The summed E-state index contributed by atoms with van der Waals surface area (Å²) in [5.74, 6) is 0. The largest absolute Gasteiger partial charge is 0.463 e. The number of carboxylic acid groups (broad SMARTS) is 1. The van der Waals surface area contributed by atoms with Gasteiger partial charge in [0.25, 0.3) is 0 Å². The Morgan fingerprint density at radius 1 is 1.36 bits per heavy atom. The Balaban J connectivity index is 2.48. The van der Waals surface area contributed by atoms with E-state index in [1.54, 1.807) is 24.4 Å². The van der Waals surface area contributed by atoms with Crippen LogP contribution in [0.4, 0.5) is 10.5 Å². The maximum Gasteiger partial charge on any atom is 0.436 e. The van der Waals surface area contributed by atoms with Crippen molar-refractivity contribution in [2.45, 2.75) is 0 Å². The number of hydrogen-bond acceptors (Lipinski definition) is 2. The van der Waals surface area contributed by atoms with Gasteiger partial charge in [-0.25, -0.2) is 4.79 Å². The van der Waals surface area contributed by atoms with Gasteiger partial charge in [0.1, 0.15) is 0 Å². The fourth-order valence-electron chi connectivity index (χ4n) is 1.28. The summed E-state index contributed by atoms with van der Waals surface area (Å²) in [5, 5.41) is 18.7. The highest BCUT2D eigenvalue weighted by Gasteiger charge is 2.10. The van der Waals surface area contributed by atoms with Gasteiger partial charge >= 0.3 is 6.09 Å². The van der Waals surface area contributed by atoms with Crippen molar-refractivity contribution < 1.29 is 15.1 Å². The summed E-state index contributed by atoms with van der Waals surface area (Å²) in [4.78, 5) is 13.4. The van der Waals surface area contributed by atoms with Gasteiger partial charge in [-0.1, -0.05) is 0 Å². The number of fused-ring (bicyclic) bond motifs is 1. The lowest BCUT2D eigenvalue weighted by Gasteiger charge is -2.09. The fourth-order valence-corrected chi connectivity index (χ4v) is 1.28. The smallest absolute Gasteiger partial charge is 0.436 e. The summed E-state index contributed by atoms with van der Waals surface area (Å²) in [6.07, 6.45) is 0.344. The van der Waals surface area contributed by atoms with Gasteiger partial charge in [0.05, 0.1) is 5.69 Å². The number of amides is 1. The van der Waals surface area contributed by atoms with Crippen LogP contribution in [0.25, 0.3) is 10.9 Å². The molecule has 0 bridgehead atoms. The van der Waals surface area contributed by atoms with Crippen LogP contribution in [0.5, 0.6) is 0 Å². The number of H-pyrrole nitrogens is 1. The van der Waals surface area contributed by atoms with Crippen molar-refractivity contribution >= 4 is 22.7 Å². The second-order valence-corrected chi connectivity index (χ2v) is 2.84. The molecule has 1 aromatic heterocycles. The van der Waals surface area contributed by atoms with Crippen LogP contribution >= 0.6 is 0 Å². The molecule has 0 fully saturated rings. The van der Waals surface area contributed by atoms with Gasteiger partial charge in [-0.3, -0.25) is 5.21 Å². The molecule has 2 aromatic rings. The summed E-state index contributed by atoms with van der Waals surface area (Å²) < 4.78 is 0. The molecule has 1 amide bonds. The first-order valence-electron chi connectivity index (χ1n) is 3.97. The maximum absolute atomic E-state index is 10.4. The van der Waals surface area contributed by atoms with E-state index in [1.165, 1.54) is 6.07 Å². The van der Waals surface area contributed by atoms with E-state index in [-0.39, 0.29) is 10.8 Å². The third-order valence-electron chi connectivity index (χ3n) is 1.96. The lowest BCUT2D eigenvalue weighted by Crippen LogP contribution is -2.24. The minimum atomic E-state index is -1.40. The number of nitrogens with zero attached hydrogens (tertiary/aromatic N) is 1. The van der Waals surface area contributed by atoms with Crippen molar-refractivity contribution in [1.82, 2.24) is 4.98 Å². The Bertz CT molecular complexity index is 478. The Labute approximate surface area is 79.2 Å². The van der Waals surface area contributed by atoms with Crippen LogP contribution in [0.2, 0.25) is 0 Å². The standard InChI is InChI=1S/C9H8N2O3/c12-9(13)11(14)7-1-2-8-6(5-7)3-4-10-8/h1-5,10,14H,(H,12,13). The van der Waals surface area contributed by atoms with E-state index in [0.29, 0.717) is 0 Å². The van der Waals surface area contributed by atoms with Crippen LogP contribution in [-0.2, 0) is 0 Å². The van der Waals surface area contributed by atoms with Crippen molar-refractivity contribution in [2.75, 3.05) is 5.06 Å². The fraction of sp³-hybridized carbons (Fsp3) is 0. The molecule has 3 N–H and O–H groups in total. The highest BCUT2D eigenvalue weighted by molar-refractivity contribution is 5.89. The van der Waals surface area contributed by atoms with Gasteiger partial charge in [0, 0.05) is 17.1 Å². The van der Waals surface area contributed by atoms with Crippen LogP contribution in [0.15, 0.2) is 30.5 Å². The summed E-state index contributed by atoms with van der Waals surface area (Å²) in [6, 6.07) is 6.61. The lowest BCUT2D eigenvalue weighted by molar-refractivity contribution is 0.160. The van der Waals surface area contributed by atoms with E-state index >= 15 is 0 Å². The van der Waals surface area contributed by atoms with Crippen molar-refractivity contribution in [2.24, 2.45) is 0 Å². The zero-order valence-electron chi connectivity index (χ0n) is 7.14. The molecule has 0 aliphatic heterocycles. The first-order valence-corrected chi connectivity index (χ1v) is 3.97. The van der Waals surface area contributed by atoms with Crippen LogP contribution in [0.1, 0.15) is 0 Å². The molecule has 72 valence electrons. The Morgan fingerprint density at radius 3 is 2.86 bits per heavy atom. The van der Waals surface area contributed by atoms with E-state index < -0.39 is 6.09 Å². The number of hydroxylamine groups is 1. The Morgan fingerprint density at radius 2 is 2.14 bits per heavy atom. The zero-order chi connectivity index (χ0) is 10.1. The van der Waals surface area contributed by atoms with Gasteiger partial charge in [-0.15, -0.1) is 0 Å². The minimum absolute atomic E-state index is 0.187. The summed E-state index contributed by atoms with van der Waals surface area (Å²) in [5.41, 5.74) is 1.12. The van der Waals surface area contributed by atoms with Crippen molar-refractivity contribution in [1.29, 1.82) is 0 Å². The highest BCUT2D eigenvalue weighted by atomic mass is 16.6. The molecule has 14 heavy (non-hydrogen) atoms. The van der Waals surface area contributed by atoms with Gasteiger partial charge in [-0.05, 0) is 24.3 Å². The quantitative estimate of drug-likeness (QED) is 0.478. The number of benzene rings is 1. The molecule has 0 aliphatic carbocycles. The number of carbonyl (C=O) groups is 1. The summed E-state index contributed by atoms with van der Waals surface area (Å²) in [7, 11) is 0. The van der Waals surface area contributed by atoms with Crippen molar-refractivity contribution in [3.63, 3.8) is 0 Å². The third kappa shape index (κ3) is 1.29. The van der Waals surface area contributed by atoms with E-state index in [4.69, 9.17) is 10.3 Å². The minimum Gasteiger partial charge on any atom is -0.463 e. The molecular formula is C9H8N2O3. The van der Waals surface area contributed by atoms with E-state index in [2.05, 4.69) is 4.98 Å². The molecule has 1 heterocycles. The van der Waals surface area contributed by atoms with Crippen LogP contribution in [-0.4, -0.2) is 21.4 Å². The average molecular weight is 192 g/mol. The molecule has 5 heteroatoms. The van der Waals surface area contributed by atoms with E-state index in [1.807, 2.05) is 0 Å². The van der Waals surface area contributed by atoms with E-state index in [0.717, 1.165) is 10.9 Å². The van der Waals surface area contributed by atoms with E-state index in [9.17, 15) is 4.79 Å². The number of hydrogen-bond donors (Lipinski definition) is 3. The predicted molar refractivity (Wildman–Crippen MR) is 50.6 cm³/mol. The van der Waals surface area contributed by atoms with Gasteiger partial charge < -0.3 is 10.1 Å². The molecule has 0 unspecified atom stereocenters. The molecule has 0 atom stereocenters. The molecular weight excluding hydrogens is 184 g/mol. The van der Waals surface area contributed by atoms with Gasteiger partial charge in [-0.2, -0.15) is 5.06 Å². The molecule has 2 rings (SSSR count). The molecule has 0 aliphatic rings. The number of nitrogens with one attached hydrogen (secondary N) is 1. The molecule has 0 spiro atoms. The van der Waals surface area contributed by atoms with Crippen LogP contribution < -0.4 is 5.06 Å². The van der Waals surface area contributed by atoms with Crippen molar-refractivity contribution in [3.05, 3.63) is 30.5 Å². The zero-order valence-corrected chi connectivity index (χ0v) is 7.14. The SMILES string of the molecule is O=C(O)N(O)c1ccc2[nH]ccc2c1. The maximum atomic E-state index is 10.4.